The summed E-state index contributed by atoms with van der Waals surface area (Å²) in [5.41, 5.74) is 5.97. The van der Waals surface area contributed by atoms with Gasteiger partial charge >= 0.3 is 0 Å². The molecule has 0 bridgehead atoms. The highest BCUT2D eigenvalue weighted by molar-refractivity contribution is 5.39. The third kappa shape index (κ3) is 28.3. The summed E-state index contributed by atoms with van der Waals surface area (Å²) in [7, 11) is 0. The third-order valence-electron chi connectivity index (χ3n) is 13.7. The number of hydrogen-bond donors (Lipinski definition) is 0. The summed E-state index contributed by atoms with van der Waals surface area (Å²) in [6, 6.07) is 0. The number of rotatable bonds is 41. The Bertz CT molecular complexity index is 857. The van der Waals surface area contributed by atoms with Gasteiger partial charge in [0.15, 0.2) is 0 Å². The molecule has 0 saturated carbocycles. The van der Waals surface area contributed by atoms with Gasteiger partial charge in [0.25, 0.3) is 0 Å². The van der Waals surface area contributed by atoms with Crippen LogP contribution >= 0.6 is 0 Å². The van der Waals surface area contributed by atoms with Crippen LogP contribution in [0.5, 0.6) is 0 Å². The van der Waals surface area contributed by atoms with E-state index < -0.39 is 0 Å². The summed E-state index contributed by atoms with van der Waals surface area (Å²) in [4.78, 5) is 0. The first kappa shape index (κ1) is 50.2. The minimum Gasteiger partial charge on any atom is -0.0996 e. The van der Waals surface area contributed by atoms with E-state index in [2.05, 4.69) is 47.8 Å². The van der Waals surface area contributed by atoms with Gasteiger partial charge in [-0.1, -0.05) is 269 Å². The normalized spacial score (nSPS) is 15.9. The van der Waals surface area contributed by atoms with Crippen molar-refractivity contribution in [2.24, 2.45) is 17.8 Å². The Morgan fingerprint density at radius 2 is 0.774 bits per heavy atom. The van der Waals surface area contributed by atoms with Crippen molar-refractivity contribution in [2.75, 3.05) is 0 Å². The molecule has 1 rings (SSSR count). The lowest BCUT2D eigenvalue weighted by molar-refractivity contribution is 0.334. The molecule has 0 fully saturated rings. The monoisotopic (exact) mass is 737 g/mol. The molecule has 0 spiro atoms. The van der Waals surface area contributed by atoms with Crippen LogP contribution in [-0.2, 0) is 0 Å². The molecule has 0 aromatic carbocycles. The molecule has 0 aromatic rings. The third-order valence-corrected chi connectivity index (χ3v) is 13.7. The maximum Gasteiger partial charge on any atom is -0.0134 e. The lowest BCUT2D eigenvalue weighted by atomic mass is 9.78. The smallest absolute Gasteiger partial charge is 0.0134 e. The minimum atomic E-state index is 0.699. The topological polar surface area (TPSA) is 0 Å². The molecule has 0 aliphatic heterocycles. The van der Waals surface area contributed by atoms with Crippen molar-refractivity contribution in [1.29, 1.82) is 0 Å². The standard InChI is InChI=1S/C53H100/c1-8-10-11-12-13-14-15-16-17-18-19-20-21-22-23-24-25-26-27-28-29-30-31-32-33-34-35-36-37-38-39-40-41-42-43-44-47(3)52(9-2)45-49(5)53-46-48(4)50(6)51(53)7/h49,52-53H,3-4,8-46H2,1-2,5-7H3/t49-,52?,53+/m0/s1. The quantitative estimate of drug-likeness (QED) is 0.0433. The Labute approximate surface area is 337 Å². The molecule has 1 unspecified atom stereocenters. The summed E-state index contributed by atoms with van der Waals surface area (Å²) in [5, 5.41) is 0. The molecular weight excluding hydrogens is 637 g/mol. The average molecular weight is 737 g/mol. The fourth-order valence-electron chi connectivity index (χ4n) is 9.45. The summed E-state index contributed by atoms with van der Waals surface area (Å²) in [6.07, 6.45) is 56.4. The van der Waals surface area contributed by atoms with E-state index in [1.54, 1.807) is 5.57 Å². The molecule has 0 nitrogen and oxygen atoms in total. The van der Waals surface area contributed by atoms with Crippen LogP contribution in [0.2, 0.25) is 0 Å². The van der Waals surface area contributed by atoms with Crippen molar-refractivity contribution in [1.82, 2.24) is 0 Å². The molecular formula is C53H100. The number of hydrogen-bond acceptors (Lipinski definition) is 0. The van der Waals surface area contributed by atoms with Crippen molar-refractivity contribution < 1.29 is 0 Å². The fraction of sp³-hybridized carbons (Fsp3) is 0.887. The second-order valence-electron chi connectivity index (χ2n) is 18.5. The summed E-state index contributed by atoms with van der Waals surface area (Å²) >= 11 is 0. The van der Waals surface area contributed by atoms with E-state index in [9.17, 15) is 0 Å². The average Bonchev–Trinajstić information content (AvgIpc) is 3.42. The van der Waals surface area contributed by atoms with Crippen LogP contribution < -0.4 is 0 Å². The molecule has 0 amide bonds. The van der Waals surface area contributed by atoms with Crippen LogP contribution in [-0.4, -0.2) is 0 Å². The maximum absolute atomic E-state index is 4.57. The molecule has 3 atom stereocenters. The molecule has 0 N–H and O–H groups in total. The minimum absolute atomic E-state index is 0.699. The second kappa shape index (κ2) is 36.8. The van der Waals surface area contributed by atoms with Crippen LogP contribution in [0.4, 0.5) is 0 Å². The summed E-state index contributed by atoms with van der Waals surface area (Å²) in [5.74, 6) is 2.14. The van der Waals surface area contributed by atoms with Gasteiger partial charge in [-0.2, -0.15) is 0 Å². The molecule has 1 aliphatic rings. The Morgan fingerprint density at radius 1 is 0.491 bits per heavy atom. The first-order valence-corrected chi connectivity index (χ1v) is 24.9. The first-order valence-electron chi connectivity index (χ1n) is 24.9. The molecule has 53 heavy (non-hydrogen) atoms. The summed E-state index contributed by atoms with van der Waals surface area (Å²) in [6.45, 7) is 20.6. The molecule has 0 radical (unpaired) electrons. The zero-order chi connectivity index (χ0) is 38.6. The van der Waals surface area contributed by atoms with Gasteiger partial charge in [0.05, 0.1) is 0 Å². The molecule has 312 valence electrons. The molecule has 0 heteroatoms. The van der Waals surface area contributed by atoms with Gasteiger partial charge in [0.2, 0.25) is 0 Å². The van der Waals surface area contributed by atoms with Gasteiger partial charge in [0, 0.05) is 0 Å². The first-order chi connectivity index (χ1) is 25.9. The van der Waals surface area contributed by atoms with Crippen molar-refractivity contribution in [3.05, 3.63) is 35.5 Å². The lowest BCUT2D eigenvalue weighted by Gasteiger charge is -2.27. The van der Waals surface area contributed by atoms with Gasteiger partial charge in [0.1, 0.15) is 0 Å². The van der Waals surface area contributed by atoms with E-state index in [-0.39, 0.29) is 0 Å². The van der Waals surface area contributed by atoms with Gasteiger partial charge < -0.3 is 0 Å². The van der Waals surface area contributed by atoms with E-state index in [4.69, 9.17) is 0 Å². The van der Waals surface area contributed by atoms with Crippen molar-refractivity contribution >= 4 is 0 Å². The maximum atomic E-state index is 4.57. The van der Waals surface area contributed by atoms with Gasteiger partial charge in [-0.15, -0.1) is 0 Å². The van der Waals surface area contributed by atoms with Crippen LogP contribution in [0, 0.1) is 17.8 Å². The Morgan fingerprint density at radius 3 is 1.02 bits per heavy atom. The van der Waals surface area contributed by atoms with Gasteiger partial charge in [-0.3, -0.25) is 0 Å². The van der Waals surface area contributed by atoms with Gasteiger partial charge in [-0.25, -0.2) is 0 Å². The van der Waals surface area contributed by atoms with Crippen LogP contribution in [0.1, 0.15) is 285 Å². The van der Waals surface area contributed by atoms with Crippen molar-refractivity contribution in [3.8, 4) is 0 Å². The van der Waals surface area contributed by atoms with Crippen molar-refractivity contribution in [2.45, 2.75) is 285 Å². The van der Waals surface area contributed by atoms with E-state index in [0.29, 0.717) is 11.8 Å². The molecule has 0 saturated heterocycles. The number of allylic oxidation sites excluding steroid dienone is 4. The Hall–Kier alpha value is -0.780. The van der Waals surface area contributed by atoms with Crippen LogP contribution in [0.25, 0.3) is 0 Å². The predicted octanol–water partition coefficient (Wildman–Crippen LogP) is 19.6. The van der Waals surface area contributed by atoms with Gasteiger partial charge in [-0.05, 0) is 69.3 Å². The zero-order valence-electron chi connectivity index (χ0n) is 37.7. The zero-order valence-corrected chi connectivity index (χ0v) is 37.7. The fourth-order valence-corrected chi connectivity index (χ4v) is 9.45. The van der Waals surface area contributed by atoms with Crippen molar-refractivity contribution in [3.63, 3.8) is 0 Å². The highest BCUT2D eigenvalue weighted by atomic mass is 14.3. The molecule has 1 aliphatic carbocycles. The van der Waals surface area contributed by atoms with E-state index in [1.807, 2.05) is 0 Å². The van der Waals surface area contributed by atoms with E-state index in [1.165, 1.54) is 267 Å². The van der Waals surface area contributed by atoms with Crippen LogP contribution in [0.3, 0.4) is 0 Å². The van der Waals surface area contributed by atoms with Crippen LogP contribution in [0.15, 0.2) is 35.5 Å². The van der Waals surface area contributed by atoms with E-state index >= 15 is 0 Å². The SMILES string of the molecule is C=C1C[C@H]([C@@H](C)CC(CC)C(=C)CCCCCCCCCCCCCCCCCCCCCCCCCCCCCCCCCCCCC)C(C)=C1C. The van der Waals surface area contributed by atoms with E-state index in [0.717, 1.165) is 5.92 Å². The summed E-state index contributed by atoms with van der Waals surface area (Å²) < 4.78 is 0. The second-order valence-corrected chi connectivity index (χ2v) is 18.5. The highest BCUT2D eigenvalue weighted by Crippen LogP contribution is 2.42. The predicted molar refractivity (Wildman–Crippen MR) is 244 cm³/mol. The Balaban J connectivity index is 1.74. The molecule has 0 aromatic heterocycles. The highest BCUT2D eigenvalue weighted by Gasteiger charge is 2.29. The molecule has 0 heterocycles. The largest absolute Gasteiger partial charge is 0.0996 e. The lowest BCUT2D eigenvalue weighted by Crippen LogP contribution is -2.16. The Kier molecular flexibility index (Phi) is 34.9. The number of unbranched alkanes of at least 4 members (excludes halogenated alkanes) is 34.